The van der Waals surface area contributed by atoms with E-state index >= 15 is 0 Å². The molecule has 0 atom stereocenters. The van der Waals surface area contributed by atoms with Crippen LogP contribution in [0.2, 0.25) is 0 Å². The fourth-order valence-corrected chi connectivity index (χ4v) is 2.58. The summed E-state index contributed by atoms with van der Waals surface area (Å²) in [5, 5.41) is 0. The molecule has 0 bridgehead atoms. The van der Waals surface area contributed by atoms with Crippen LogP contribution in [0.25, 0.3) is 0 Å². The molecule has 4 amide bonds. The van der Waals surface area contributed by atoms with Crippen molar-refractivity contribution < 1.29 is 28.7 Å². The van der Waals surface area contributed by atoms with Crippen molar-refractivity contribution in [3.63, 3.8) is 0 Å². The first-order chi connectivity index (χ1) is 15.4. The number of carbonyl (C=O) groups excluding carboxylic acids is 4. The highest BCUT2D eigenvalue weighted by Gasteiger charge is 2.10. The van der Waals surface area contributed by atoms with Crippen LogP contribution in [0.3, 0.4) is 0 Å². The van der Waals surface area contributed by atoms with Gasteiger partial charge in [0, 0.05) is 12.8 Å². The van der Waals surface area contributed by atoms with E-state index in [9.17, 15) is 19.2 Å². The van der Waals surface area contributed by atoms with Crippen LogP contribution in [-0.2, 0) is 32.0 Å². The molecule has 0 radical (unpaired) electrons. The molecular weight excluding hydrogens is 416 g/mol. The molecule has 32 heavy (non-hydrogen) atoms. The summed E-state index contributed by atoms with van der Waals surface area (Å²) < 4.78 is 10.1. The Kier molecular flexibility index (Phi) is 9.51. The third-order valence-electron chi connectivity index (χ3n) is 4.31. The average Bonchev–Trinajstić information content (AvgIpc) is 2.81. The first-order valence-corrected chi connectivity index (χ1v) is 9.81. The fourth-order valence-electron chi connectivity index (χ4n) is 2.58. The molecule has 170 valence electrons. The monoisotopic (exact) mass is 442 g/mol. The average molecular weight is 442 g/mol. The van der Waals surface area contributed by atoms with E-state index in [0.717, 1.165) is 11.1 Å². The van der Waals surface area contributed by atoms with E-state index in [0.29, 0.717) is 11.5 Å². The van der Waals surface area contributed by atoms with Gasteiger partial charge in [-0.1, -0.05) is 24.3 Å². The van der Waals surface area contributed by atoms with E-state index in [2.05, 4.69) is 21.7 Å². The molecule has 0 unspecified atom stereocenters. The molecule has 2 aromatic carbocycles. The molecule has 2 aromatic rings. The van der Waals surface area contributed by atoms with Crippen LogP contribution in [0.5, 0.6) is 11.5 Å². The molecular formula is C22H26N4O6. The maximum Gasteiger partial charge on any atom is 0.242 e. The Labute approximate surface area is 185 Å². The molecule has 0 saturated heterocycles. The summed E-state index contributed by atoms with van der Waals surface area (Å²) in [6.07, 6.45) is -0.179. The van der Waals surface area contributed by atoms with Crippen molar-refractivity contribution in [2.45, 2.75) is 25.7 Å². The Hall–Kier alpha value is -4.08. The predicted molar refractivity (Wildman–Crippen MR) is 115 cm³/mol. The van der Waals surface area contributed by atoms with Crippen molar-refractivity contribution in [1.29, 1.82) is 0 Å². The number of ether oxygens (including phenoxy) is 2. The van der Waals surface area contributed by atoms with Gasteiger partial charge < -0.3 is 9.47 Å². The summed E-state index contributed by atoms with van der Waals surface area (Å²) in [7, 11) is 3.10. The number of methoxy groups -OCH3 is 2. The lowest BCUT2D eigenvalue weighted by Crippen LogP contribution is -2.44. The zero-order chi connectivity index (χ0) is 23.3. The lowest BCUT2D eigenvalue weighted by atomic mass is 10.1. The summed E-state index contributed by atoms with van der Waals surface area (Å²) in [5.74, 6) is -0.520. The Bertz CT molecular complexity index is 851. The largest absolute Gasteiger partial charge is 0.497 e. The highest BCUT2D eigenvalue weighted by Crippen LogP contribution is 2.12. The lowest BCUT2D eigenvalue weighted by molar-refractivity contribution is -0.131. The van der Waals surface area contributed by atoms with Crippen LogP contribution < -0.4 is 31.2 Å². The van der Waals surface area contributed by atoms with Gasteiger partial charge in [0.05, 0.1) is 27.1 Å². The number of benzene rings is 2. The van der Waals surface area contributed by atoms with Crippen LogP contribution >= 0.6 is 0 Å². The van der Waals surface area contributed by atoms with Gasteiger partial charge >= 0.3 is 0 Å². The molecule has 0 aliphatic carbocycles. The molecule has 10 nitrogen and oxygen atoms in total. The second kappa shape index (κ2) is 12.6. The Morgan fingerprint density at radius 3 is 1.19 bits per heavy atom. The maximum atomic E-state index is 11.9. The van der Waals surface area contributed by atoms with E-state index in [1.165, 1.54) is 0 Å². The first kappa shape index (κ1) is 24.2. The van der Waals surface area contributed by atoms with Gasteiger partial charge in [-0.15, -0.1) is 0 Å². The van der Waals surface area contributed by atoms with Crippen LogP contribution in [0.1, 0.15) is 24.0 Å². The summed E-state index contributed by atoms with van der Waals surface area (Å²) in [6, 6.07) is 13.9. The van der Waals surface area contributed by atoms with Crippen molar-refractivity contribution in [2.75, 3.05) is 14.2 Å². The molecule has 0 aromatic heterocycles. The Morgan fingerprint density at radius 1 is 0.562 bits per heavy atom. The number of hydrazine groups is 2. The second-order valence-corrected chi connectivity index (χ2v) is 6.74. The second-order valence-electron chi connectivity index (χ2n) is 6.74. The van der Waals surface area contributed by atoms with Gasteiger partial charge in [-0.25, -0.2) is 0 Å². The van der Waals surface area contributed by atoms with Crippen molar-refractivity contribution in [3.05, 3.63) is 59.7 Å². The van der Waals surface area contributed by atoms with E-state index < -0.39 is 23.6 Å². The number of carbonyl (C=O) groups is 4. The number of nitrogens with one attached hydrogen (secondary N) is 4. The van der Waals surface area contributed by atoms with Gasteiger partial charge in [-0.2, -0.15) is 0 Å². The minimum Gasteiger partial charge on any atom is -0.497 e. The van der Waals surface area contributed by atoms with Crippen LogP contribution in [0.15, 0.2) is 48.5 Å². The number of hydrogen-bond acceptors (Lipinski definition) is 6. The van der Waals surface area contributed by atoms with Gasteiger partial charge in [0.1, 0.15) is 11.5 Å². The van der Waals surface area contributed by atoms with Gasteiger partial charge in [0.2, 0.25) is 23.6 Å². The summed E-state index contributed by atoms with van der Waals surface area (Å²) in [6.45, 7) is 0. The van der Waals surface area contributed by atoms with E-state index in [-0.39, 0.29) is 25.7 Å². The van der Waals surface area contributed by atoms with E-state index in [1.807, 2.05) is 0 Å². The summed E-state index contributed by atoms with van der Waals surface area (Å²) in [5.41, 5.74) is 10.6. The summed E-state index contributed by atoms with van der Waals surface area (Å²) >= 11 is 0. The SMILES string of the molecule is COc1ccc(CC(=O)NNC(=O)CCC(=O)NNC(=O)Cc2ccc(OC)cc2)cc1. The third-order valence-corrected chi connectivity index (χ3v) is 4.31. The Balaban J connectivity index is 1.60. The van der Waals surface area contributed by atoms with Crippen LogP contribution in [0.4, 0.5) is 0 Å². The normalized spacial score (nSPS) is 9.94. The highest BCUT2D eigenvalue weighted by molar-refractivity contribution is 5.87. The van der Waals surface area contributed by atoms with Gasteiger partial charge in [-0.3, -0.25) is 40.9 Å². The number of rotatable bonds is 9. The molecule has 4 N–H and O–H groups in total. The molecule has 0 saturated carbocycles. The molecule has 10 heteroatoms. The predicted octanol–water partition coefficient (Wildman–Crippen LogP) is 0.564. The molecule has 0 heterocycles. The van der Waals surface area contributed by atoms with Crippen molar-refractivity contribution in [1.82, 2.24) is 21.7 Å². The quantitative estimate of drug-likeness (QED) is 0.419. The standard InChI is InChI=1S/C22H26N4O6/c1-31-17-7-3-15(4-8-17)13-21(29)25-23-19(27)11-12-20(28)24-26-22(30)14-16-5-9-18(32-2)10-6-16/h3-10H,11-14H2,1-2H3,(H,23,27)(H,24,28)(H,25,29)(H,26,30). The minimum absolute atomic E-state index is 0.0744. The van der Waals surface area contributed by atoms with Gasteiger partial charge in [0.25, 0.3) is 0 Å². The molecule has 0 spiro atoms. The molecule has 0 aliphatic heterocycles. The fraction of sp³-hybridized carbons (Fsp3) is 0.273. The first-order valence-electron chi connectivity index (χ1n) is 9.81. The van der Waals surface area contributed by atoms with Crippen molar-refractivity contribution in [3.8, 4) is 11.5 Å². The Morgan fingerprint density at radius 2 is 0.875 bits per heavy atom. The van der Waals surface area contributed by atoms with Gasteiger partial charge in [0.15, 0.2) is 0 Å². The molecule has 0 fully saturated rings. The molecule has 2 rings (SSSR count). The zero-order valence-corrected chi connectivity index (χ0v) is 17.9. The van der Waals surface area contributed by atoms with Crippen molar-refractivity contribution in [2.24, 2.45) is 0 Å². The van der Waals surface area contributed by atoms with Gasteiger partial charge in [-0.05, 0) is 35.4 Å². The van der Waals surface area contributed by atoms with Crippen molar-refractivity contribution >= 4 is 23.6 Å². The molecule has 0 aliphatic rings. The number of amides is 4. The lowest BCUT2D eigenvalue weighted by Gasteiger charge is -2.09. The third kappa shape index (κ3) is 8.74. The van der Waals surface area contributed by atoms with Crippen LogP contribution in [0, 0.1) is 0 Å². The van der Waals surface area contributed by atoms with E-state index in [4.69, 9.17) is 9.47 Å². The van der Waals surface area contributed by atoms with Crippen LogP contribution in [-0.4, -0.2) is 37.8 Å². The number of hydrogen-bond donors (Lipinski definition) is 4. The maximum absolute atomic E-state index is 11.9. The minimum atomic E-state index is -0.534. The highest BCUT2D eigenvalue weighted by atomic mass is 16.5. The topological polar surface area (TPSA) is 135 Å². The van der Waals surface area contributed by atoms with E-state index in [1.54, 1.807) is 62.8 Å². The zero-order valence-electron chi connectivity index (χ0n) is 17.9. The smallest absolute Gasteiger partial charge is 0.242 e. The summed E-state index contributed by atoms with van der Waals surface area (Å²) in [4.78, 5) is 47.4.